The van der Waals surface area contributed by atoms with E-state index in [2.05, 4.69) is 10.1 Å². The molecule has 0 aliphatic carbocycles. The standard InChI is InChI=1S/C22H16FN4O3S/c23-16-8-6-15(7-9-16)20-24-18(30-25-20)13-26-17-10-11-31-19(17)21(28)27(22(26)29)12-14-4-2-1-3-5-14/h1-11,19H,12-13H2/q+1. The first-order chi connectivity index (χ1) is 15.1. The highest BCUT2D eigenvalue weighted by atomic mass is 32.2. The van der Waals surface area contributed by atoms with Gasteiger partial charge in [0.1, 0.15) is 18.1 Å². The summed E-state index contributed by atoms with van der Waals surface area (Å²) in [7, 11) is 0. The number of imide groups is 1. The van der Waals surface area contributed by atoms with Crippen LogP contribution in [0.4, 0.5) is 9.18 Å². The first-order valence-corrected chi connectivity index (χ1v) is 10.5. The maximum absolute atomic E-state index is 13.2. The molecule has 0 saturated heterocycles. The largest absolute Gasteiger partial charge is 0.501 e. The number of urea groups is 1. The van der Waals surface area contributed by atoms with Gasteiger partial charge in [-0.3, -0.25) is 0 Å². The second-order valence-electron chi connectivity index (χ2n) is 7.04. The highest BCUT2D eigenvalue weighted by Crippen LogP contribution is 2.29. The molecule has 1 unspecified atom stereocenters. The molecule has 0 N–H and O–H groups in total. The van der Waals surface area contributed by atoms with Gasteiger partial charge < -0.3 is 4.52 Å². The number of benzene rings is 2. The third-order valence-electron chi connectivity index (χ3n) is 5.03. The minimum atomic E-state index is -0.485. The number of amides is 3. The molecule has 0 radical (unpaired) electrons. The van der Waals surface area contributed by atoms with Crippen LogP contribution in [0.1, 0.15) is 11.5 Å². The second-order valence-corrected chi connectivity index (χ2v) is 8.06. The minimum absolute atomic E-state index is 0.0301. The van der Waals surface area contributed by atoms with E-state index < -0.39 is 11.3 Å². The van der Waals surface area contributed by atoms with E-state index in [4.69, 9.17) is 4.52 Å². The molecule has 2 aliphatic heterocycles. The van der Waals surface area contributed by atoms with E-state index in [-0.39, 0.29) is 30.7 Å². The van der Waals surface area contributed by atoms with E-state index in [0.29, 0.717) is 17.1 Å². The lowest BCUT2D eigenvalue weighted by Crippen LogP contribution is -2.54. The third kappa shape index (κ3) is 3.68. The van der Waals surface area contributed by atoms with Crippen LogP contribution in [0.2, 0.25) is 0 Å². The summed E-state index contributed by atoms with van der Waals surface area (Å²) in [4.78, 5) is 31.8. The maximum atomic E-state index is 13.2. The number of carbonyl (C=O) groups excluding carboxylic acids is 2. The lowest BCUT2D eigenvalue weighted by Gasteiger charge is -2.23. The summed E-state index contributed by atoms with van der Waals surface area (Å²) in [6.07, 6.45) is 1.77. The van der Waals surface area contributed by atoms with E-state index in [1.54, 1.807) is 18.2 Å². The van der Waals surface area contributed by atoms with Gasteiger partial charge in [0.2, 0.25) is 5.82 Å². The van der Waals surface area contributed by atoms with E-state index in [9.17, 15) is 14.0 Å². The van der Waals surface area contributed by atoms with Crippen molar-refractivity contribution in [3.63, 3.8) is 0 Å². The van der Waals surface area contributed by atoms with Gasteiger partial charge in [0.25, 0.3) is 5.89 Å². The summed E-state index contributed by atoms with van der Waals surface area (Å²) in [5, 5.41) is 5.26. The van der Waals surface area contributed by atoms with Crippen molar-refractivity contribution in [2.45, 2.75) is 18.3 Å². The van der Waals surface area contributed by atoms with E-state index in [0.717, 1.165) is 5.56 Å². The van der Waals surface area contributed by atoms with Crippen LogP contribution in [0.5, 0.6) is 0 Å². The summed E-state index contributed by atoms with van der Waals surface area (Å²) in [5.41, 5.74) is 2.06. The fraction of sp³-hybridized carbons (Fsp3) is 0.136. The van der Waals surface area contributed by atoms with Crippen LogP contribution in [0.15, 0.2) is 70.6 Å². The molecule has 1 atom stereocenters. The molecule has 2 aromatic carbocycles. The zero-order valence-electron chi connectivity index (χ0n) is 16.1. The van der Waals surface area contributed by atoms with Gasteiger partial charge in [0.15, 0.2) is 11.8 Å². The average Bonchev–Trinajstić information content (AvgIpc) is 3.45. The Morgan fingerprint density at radius 1 is 1.10 bits per heavy atom. The highest BCUT2D eigenvalue weighted by Gasteiger charge is 2.49. The van der Waals surface area contributed by atoms with Gasteiger partial charge in [0, 0.05) is 5.56 Å². The molecule has 3 amide bonds. The Hall–Kier alpha value is -3.59. The first kappa shape index (κ1) is 19.4. The second kappa shape index (κ2) is 7.92. The molecular formula is C22H16FN4O3S+. The normalized spacial score (nSPS) is 18.1. The Morgan fingerprint density at radius 3 is 2.65 bits per heavy atom. The van der Waals surface area contributed by atoms with Crippen molar-refractivity contribution in [3.05, 3.63) is 83.4 Å². The first-order valence-electron chi connectivity index (χ1n) is 9.54. The van der Waals surface area contributed by atoms with Crippen LogP contribution >= 0.6 is 11.8 Å². The number of allylic oxidation sites excluding steroid dienone is 1. The molecule has 0 bridgehead atoms. The van der Waals surface area contributed by atoms with Gasteiger partial charge in [0.05, 0.1) is 0 Å². The highest BCUT2D eigenvalue weighted by molar-refractivity contribution is 8.04. The molecule has 1 aromatic heterocycles. The SMILES string of the molecule is O=C1C2SC=CC2=[N+](Cc2nc(-c3ccc(F)cc3)no2)C(=O)N1Cc1ccccc1. The predicted octanol–water partition coefficient (Wildman–Crippen LogP) is 3.62. The fourth-order valence-electron chi connectivity index (χ4n) is 3.49. The minimum Gasteiger partial charge on any atom is -0.335 e. The number of hydrogen-bond acceptors (Lipinski definition) is 6. The van der Waals surface area contributed by atoms with Crippen molar-refractivity contribution in [2.75, 3.05) is 0 Å². The quantitative estimate of drug-likeness (QED) is 0.570. The van der Waals surface area contributed by atoms with Crippen molar-refractivity contribution in [2.24, 2.45) is 0 Å². The van der Waals surface area contributed by atoms with Crippen molar-refractivity contribution >= 4 is 29.4 Å². The van der Waals surface area contributed by atoms with Crippen LogP contribution in [0.3, 0.4) is 0 Å². The zero-order chi connectivity index (χ0) is 21.4. The Kier molecular flexibility index (Phi) is 4.95. The molecule has 2 aliphatic rings. The number of aromatic nitrogens is 2. The van der Waals surface area contributed by atoms with E-state index in [1.807, 2.05) is 35.7 Å². The molecule has 3 heterocycles. The van der Waals surface area contributed by atoms with Gasteiger partial charge in [-0.25, -0.2) is 9.18 Å². The Bertz CT molecular complexity index is 1220. The van der Waals surface area contributed by atoms with Crippen LogP contribution in [0.25, 0.3) is 11.4 Å². The van der Waals surface area contributed by atoms with Crippen molar-refractivity contribution in [1.29, 1.82) is 0 Å². The molecular weight excluding hydrogens is 419 g/mol. The smallest absolute Gasteiger partial charge is 0.335 e. The maximum Gasteiger partial charge on any atom is 0.501 e. The molecule has 0 saturated carbocycles. The summed E-state index contributed by atoms with van der Waals surface area (Å²) in [6, 6.07) is 14.7. The number of fused-ring (bicyclic) bond motifs is 1. The number of nitrogens with zero attached hydrogens (tertiary/aromatic N) is 4. The summed E-state index contributed by atoms with van der Waals surface area (Å²) in [5.74, 6) is -0.0806. The zero-order valence-corrected chi connectivity index (χ0v) is 17.0. The Labute approximate surface area is 180 Å². The van der Waals surface area contributed by atoms with Gasteiger partial charge in [-0.05, 0) is 41.3 Å². The molecule has 154 valence electrons. The van der Waals surface area contributed by atoms with E-state index >= 15 is 0 Å². The number of hydrogen-bond donors (Lipinski definition) is 0. The summed E-state index contributed by atoms with van der Waals surface area (Å²) < 4.78 is 20.0. The van der Waals surface area contributed by atoms with Gasteiger partial charge in [-0.1, -0.05) is 35.5 Å². The average molecular weight is 435 g/mol. The predicted molar refractivity (Wildman–Crippen MR) is 112 cm³/mol. The Balaban J connectivity index is 1.44. The van der Waals surface area contributed by atoms with Gasteiger partial charge in [-0.15, -0.1) is 11.8 Å². The van der Waals surface area contributed by atoms with E-state index in [1.165, 1.54) is 33.4 Å². The number of rotatable bonds is 5. The van der Waals surface area contributed by atoms with Crippen molar-refractivity contribution < 1.29 is 23.1 Å². The lowest BCUT2D eigenvalue weighted by atomic mass is 10.1. The van der Waals surface area contributed by atoms with Crippen LogP contribution < -0.4 is 0 Å². The van der Waals surface area contributed by atoms with Crippen LogP contribution in [0, 0.1) is 5.82 Å². The number of halogens is 1. The lowest BCUT2D eigenvalue weighted by molar-refractivity contribution is -0.458. The number of thioether (sulfide) groups is 1. The fourth-order valence-corrected chi connectivity index (χ4v) is 4.46. The third-order valence-corrected chi connectivity index (χ3v) is 6.04. The van der Waals surface area contributed by atoms with Gasteiger partial charge in [-0.2, -0.15) is 19.3 Å². The monoisotopic (exact) mass is 435 g/mol. The molecule has 0 spiro atoms. The molecule has 3 aromatic rings. The summed E-state index contributed by atoms with van der Waals surface area (Å²) in [6.45, 7) is 0.215. The molecule has 9 heteroatoms. The van der Waals surface area contributed by atoms with Gasteiger partial charge >= 0.3 is 11.9 Å². The topological polar surface area (TPSA) is 79.3 Å². The van der Waals surface area contributed by atoms with Crippen LogP contribution in [-0.4, -0.2) is 42.5 Å². The molecule has 31 heavy (non-hydrogen) atoms. The molecule has 0 fully saturated rings. The van der Waals surface area contributed by atoms with Crippen molar-refractivity contribution in [3.8, 4) is 11.4 Å². The van der Waals surface area contributed by atoms with Crippen LogP contribution in [-0.2, 0) is 17.9 Å². The molecule has 7 nitrogen and oxygen atoms in total. The molecule has 5 rings (SSSR count). The number of carbonyl (C=O) groups is 2. The Morgan fingerprint density at radius 2 is 1.87 bits per heavy atom. The van der Waals surface area contributed by atoms with Crippen molar-refractivity contribution in [1.82, 2.24) is 15.0 Å². The summed E-state index contributed by atoms with van der Waals surface area (Å²) >= 11 is 1.36.